The summed E-state index contributed by atoms with van der Waals surface area (Å²) in [6, 6.07) is 14.6. The van der Waals surface area contributed by atoms with Gasteiger partial charge in [-0.2, -0.15) is 16.8 Å². The zero-order valence-corrected chi connectivity index (χ0v) is 23.3. The van der Waals surface area contributed by atoms with Gasteiger partial charge in [-0.1, -0.05) is 6.07 Å². The van der Waals surface area contributed by atoms with Crippen molar-refractivity contribution in [2.75, 3.05) is 36.0 Å². The fraction of sp³-hybridized carbons (Fsp3) is 0.333. The molecule has 2 heterocycles. The van der Waals surface area contributed by atoms with Gasteiger partial charge in [-0.25, -0.2) is 4.18 Å². The molecule has 1 spiro atoms. The molecule has 9 nitrogen and oxygen atoms in total. The first-order valence-corrected chi connectivity index (χ1v) is 15.4. The predicted octanol–water partition coefficient (Wildman–Crippen LogP) is 4.74. The summed E-state index contributed by atoms with van der Waals surface area (Å²) in [5.41, 5.74) is 1.45. The summed E-state index contributed by atoms with van der Waals surface area (Å²) in [4.78, 5) is 3.46. The molecule has 202 valence electrons. The molecule has 0 amide bonds. The highest BCUT2D eigenvalue weighted by Gasteiger charge is 2.56. The molecule has 2 aliphatic rings. The Morgan fingerprint density at radius 2 is 1.24 bits per heavy atom. The predicted molar refractivity (Wildman–Crippen MR) is 144 cm³/mol. The number of benzene rings is 3. The van der Waals surface area contributed by atoms with Crippen LogP contribution in [0.2, 0.25) is 0 Å². The van der Waals surface area contributed by atoms with Crippen LogP contribution in [0.5, 0.6) is 11.5 Å². The van der Waals surface area contributed by atoms with Crippen LogP contribution >= 0.6 is 0 Å². The first-order chi connectivity index (χ1) is 18.0. The minimum Gasteiger partial charge on any atom is -0.456 e. The Morgan fingerprint density at radius 1 is 0.763 bits per heavy atom. The molecule has 0 aromatic heterocycles. The summed E-state index contributed by atoms with van der Waals surface area (Å²) in [5, 5.41) is 0. The van der Waals surface area contributed by atoms with Crippen LogP contribution in [0.15, 0.2) is 64.4 Å². The largest absolute Gasteiger partial charge is 0.456 e. The molecule has 0 unspecified atom stereocenters. The Balaban J connectivity index is 1.82. The zero-order valence-electron chi connectivity index (χ0n) is 21.6. The van der Waals surface area contributed by atoms with Crippen molar-refractivity contribution in [1.29, 1.82) is 0 Å². The molecule has 3 aromatic carbocycles. The minimum absolute atomic E-state index is 0.252. The second kappa shape index (κ2) is 9.26. The molecule has 0 saturated carbocycles. The lowest BCUT2D eigenvalue weighted by Crippen LogP contribution is -2.33. The van der Waals surface area contributed by atoms with Crippen molar-refractivity contribution in [2.24, 2.45) is 0 Å². The van der Waals surface area contributed by atoms with Gasteiger partial charge < -0.3 is 14.5 Å². The highest BCUT2D eigenvalue weighted by molar-refractivity contribution is 7.87. The maximum Gasteiger partial charge on any atom is 0.298 e. The first-order valence-electron chi connectivity index (χ1n) is 12.5. The van der Waals surface area contributed by atoms with Crippen molar-refractivity contribution in [1.82, 2.24) is 0 Å². The van der Waals surface area contributed by atoms with Gasteiger partial charge in [-0.3, -0.25) is 4.55 Å². The molecule has 0 radical (unpaired) electrons. The summed E-state index contributed by atoms with van der Waals surface area (Å²) < 4.78 is 72.4. The van der Waals surface area contributed by atoms with Gasteiger partial charge in [0.2, 0.25) is 0 Å². The highest BCUT2D eigenvalue weighted by Crippen LogP contribution is 2.59. The van der Waals surface area contributed by atoms with E-state index < -0.39 is 30.7 Å². The van der Waals surface area contributed by atoms with Gasteiger partial charge in [-0.15, -0.1) is 0 Å². The van der Waals surface area contributed by atoms with Crippen LogP contribution in [0.3, 0.4) is 0 Å². The van der Waals surface area contributed by atoms with E-state index in [4.69, 9.17) is 8.92 Å². The minimum atomic E-state index is -4.64. The number of fused-ring (bicyclic) bond motifs is 6. The number of anilines is 2. The van der Waals surface area contributed by atoms with Crippen LogP contribution < -0.4 is 14.5 Å². The molecule has 0 atom stereocenters. The number of ether oxygens (including phenoxy) is 1. The van der Waals surface area contributed by atoms with Gasteiger partial charge in [0.1, 0.15) is 16.4 Å². The third-order valence-electron chi connectivity index (χ3n) is 7.30. The second-order valence-electron chi connectivity index (χ2n) is 9.16. The molecule has 0 bridgehead atoms. The Bertz CT molecular complexity index is 1570. The lowest BCUT2D eigenvalue weighted by Gasteiger charge is -2.37. The highest BCUT2D eigenvalue weighted by atomic mass is 32.2. The van der Waals surface area contributed by atoms with E-state index in [0.717, 1.165) is 43.6 Å². The van der Waals surface area contributed by atoms with E-state index in [0.29, 0.717) is 22.6 Å². The third kappa shape index (κ3) is 3.96. The van der Waals surface area contributed by atoms with Crippen LogP contribution in [0, 0.1) is 0 Å². The first kappa shape index (κ1) is 26.5. The van der Waals surface area contributed by atoms with E-state index >= 15 is 0 Å². The lowest BCUT2D eigenvalue weighted by atomic mass is 9.78. The van der Waals surface area contributed by atoms with Crippen molar-refractivity contribution >= 4 is 31.6 Å². The van der Waals surface area contributed by atoms with Crippen LogP contribution in [0.4, 0.5) is 11.4 Å². The van der Waals surface area contributed by atoms with Gasteiger partial charge in [0, 0.05) is 66.4 Å². The zero-order chi connectivity index (χ0) is 27.5. The average Bonchev–Trinajstić information content (AvgIpc) is 3.12. The molecule has 0 saturated heterocycles. The molecule has 0 fully saturated rings. The fourth-order valence-corrected chi connectivity index (χ4v) is 7.42. The van der Waals surface area contributed by atoms with Gasteiger partial charge in [-0.05, 0) is 64.1 Å². The Labute approximate surface area is 223 Å². The maximum atomic E-state index is 13.4. The van der Waals surface area contributed by atoms with Crippen LogP contribution in [-0.2, 0) is 30.0 Å². The van der Waals surface area contributed by atoms with E-state index in [2.05, 4.69) is 9.80 Å². The topological polar surface area (TPSA) is 113 Å². The Morgan fingerprint density at radius 3 is 1.68 bits per heavy atom. The van der Waals surface area contributed by atoms with Crippen LogP contribution in [0.1, 0.15) is 44.4 Å². The Kier molecular flexibility index (Phi) is 6.46. The molecule has 11 heteroatoms. The van der Waals surface area contributed by atoms with Gasteiger partial charge >= 0.3 is 0 Å². The summed E-state index contributed by atoms with van der Waals surface area (Å²) in [6.45, 7) is 11.3. The van der Waals surface area contributed by atoms with Crippen molar-refractivity contribution in [3.8, 4) is 11.5 Å². The van der Waals surface area contributed by atoms with Gasteiger partial charge in [0.05, 0.1) is 4.90 Å². The SMILES string of the molecule is CCN(CC)c1ccc2c(c1)Oc1cc(N(CC)CC)ccc1C21OS(=O)(=O)c2cc(S(=O)(=O)O)ccc21. The van der Waals surface area contributed by atoms with E-state index in [1.807, 2.05) is 52.0 Å². The van der Waals surface area contributed by atoms with Gasteiger partial charge in [0.15, 0.2) is 5.60 Å². The molecular weight excluding hydrogens is 528 g/mol. The van der Waals surface area contributed by atoms with Crippen molar-refractivity contribution in [3.05, 3.63) is 71.3 Å². The maximum absolute atomic E-state index is 13.4. The van der Waals surface area contributed by atoms with E-state index in [9.17, 15) is 21.4 Å². The van der Waals surface area contributed by atoms with Crippen molar-refractivity contribution in [3.63, 3.8) is 0 Å². The van der Waals surface area contributed by atoms with Crippen LogP contribution in [0.25, 0.3) is 0 Å². The standard InChI is InChI=1S/C27H30N2O7S2/c1-5-28(6-2)18-9-12-21-24(15-18)35-25-16-19(29(7-3)8-4)10-13-22(25)27(21)23-14-11-20(37(30,31)32)17-26(23)38(33,34)36-27/h9-17H,5-8H2,1-4H3,(H,30,31,32). The smallest absolute Gasteiger partial charge is 0.298 e. The molecule has 0 aliphatic carbocycles. The molecule has 38 heavy (non-hydrogen) atoms. The summed E-state index contributed by atoms with van der Waals surface area (Å²) in [5.74, 6) is 0.890. The van der Waals surface area contributed by atoms with Gasteiger partial charge in [0.25, 0.3) is 20.2 Å². The number of rotatable bonds is 7. The lowest BCUT2D eigenvalue weighted by molar-refractivity contribution is 0.164. The Hall–Kier alpha value is -3.12. The van der Waals surface area contributed by atoms with E-state index in [1.54, 1.807) is 12.1 Å². The van der Waals surface area contributed by atoms with Crippen molar-refractivity contribution in [2.45, 2.75) is 43.1 Å². The summed E-state index contributed by atoms with van der Waals surface area (Å²) >= 11 is 0. The number of hydrogen-bond acceptors (Lipinski definition) is 8. The average molecular weight is 559 g/mol. The number of nitrogens with zero attached hydrogens (tertiary/aromatic N) is 2. The molecule has 2 aliphatic heterocycles. The van der Waals surface area contributed by atoms with E-state index in [-0.39, 0.29) is 10.5 Å². The molecule has 5 rings (SSSR count). The monoisotopic (exact) mass is 558 g/mol. The number of hydrogen-bond donors (Lipinski definition) is 1. The normalized spacial score (nSPS) is 16.3. The van der Waals surface area contributed by atoms with Crippen LogP contribution in [-0.4, -0.2) is 47.6 Å². The van der Waals surface area contributed by atoms with Crippen molar-refractivity contribution < 1.29 is 30.3 Å². The quantitative estimate of drug-likeness (QED) is 0.324. The summed E-state index contributed by atoms with van der Waals surface area (Å²) in [6.07, 6.45) is 0. The fourth-order valence-electron chi connectivity index (χ4n) is 5.40. The molecule has 1 N–H and O–H groups in total. The van der Waals surface area contributed by atoms with E-state index in [1.165, 1.54) is 12.1 Å². The molecule has 3 aromatic rings. The summed E-state index contributed by atoms with van der Waals surface area (Å²) in [7, 11) is -9.04. The third-order valence-corrected chi connectivity index (χ3v) is 9.50. The second-order valence-corrected chi connectivity index (χ2v) is 12.1. The molecular formula is C27H30N2O7S2.